The maximum atomic E-state index is 13.5. The van der Waals surface area contributed by atoms with Crippen molar-refractivity contribution in [3.05, 3.63) is 70.0 Å². The molecular weight excluding hydrogens is 456 g/mol. The number of amides is 1. The number of carbonyl (C=O) groups excluding carboxylic acids is 1. The second-order valence-electron chi connectivity index (χ2n) is 8.83. The minimum absolute atomic E-state index is 0.149. The van der Waals surface area contributed by atoms with Crippen LogP contribution in [0.3, 0.4) is 0 Å². The first kappa shape index (κ1) is 22.3. The van der Waals surface area contributed by atoms with Gasteiger partial charge in [0, 0.05) is 37.8 Å². The first-order valence-corrected chi connectivity index (χ1v) is 11.5. The Bertz CT molecular complexity index is 1300. The highest BCUT2D eigenvalue weighted by atomic mass is 35.5. The van der Waals surface area contributed by atoms with Gasteiger partial charge in [0.2, 0.25) is 12.7 Å². The number of aromatic nitrogens is 2. The fourth-order valence-corrected chi connectivity index (χ4v) is 4.61. The normalized spacial score (nSPS) is 15.5. The molecule has 1 aromatic heterocycles. The van der Waals surface area contributed by atoms with E-state index in [4.69, 9.17) is 21.1 Å². The van der Waals surface area contributed by atoms with Crippen molar-refractivity contribution in [3.63, 3.8) is 0 Å². The SMILES string of the molecule is CC(C)(C(=O)N1CCN(c2ccccc2Cl)CC1)n1nc(-c2ccc3c(c2)OCO3)ccc1=O. The molecule has 176 valence electrons. The van der Waals surface area contributed by atoms with E-state index in [1.165, 1.54) is 10.7 Å². The monoisotopic (exact) mass is 480 g/mol. The molecule has 2 aromatic carbocycles. The molecule has 0 spiro atoms. The van der Waals surface area contributed by atoms with Crippen LogP contribution in [0.2, 0.25) is 5.02 Å². The van der Waals surface area contributed by atoms with Crippen LogP contribution >= 0.6 is 11.6 Å². The Morgan fingerprint density at radius 3 is 2.47 bits per heavy atom. The maximum absolute atomic E-state index is 13.5. The molecule has 9 heteroatoms. The van der Waals surface area contributed by atoms with Crippen molar-refractivity contribution >= 4 is 23.2 Å². The molecule has 0 saturated carbocycles. The molecule has 8 nitrogen and oxygen atoms in total. The average Bonchev–Trinajstić information content (AvgIpc) is 3.32. The van der Waals surface area contributed by atoms with Crippen molar-refractivity contribution in [1.82, 2.24) is 14.7 Å². The molecule has 3 aromatic rings. The number of piperazine rings is 1. The van der Waals surface area contributed by atoms with E-state index in [0.717, 1.165) is 11.3 Å². The van der Waals surface area contributed by atoms with Crippen molar-refractivity contribution in [3.8, 4) is 22.8 Å². The second kappa shape index (κ2) is 8.68. The Hall–Kier alpha value is -3.52. The molecule has 3 heterocycles. The van der Waals surface area contributed by atoms with Crippen molar-refractivity contribution in [2.75, 3.05) is 37.9 Å². The summed E-state index contributed by atoms with van der Waals surface area (Å²) in [6.45, 7) is 6.02. The number of hydrogen-bond donors (Lipinski definition) is 0. The van der Waals surface area contributed by atoms with E-state index < -0.39 is 5.54 Å². The summed E-state index contributed by atoms with van der Waals surface area (Å²) < 4.78 is 12.1. The molecule has 0 unspecified atom stereocenters. The second-order valence-corrected chi connectivity index (χ2v) is 9.23. The summed E-state index contributed by atoms with van der Waals surface area (Å²) in [5.74, 6) is 1.15. The summed E-state index contributed by atoms with van der Waals surface area (Å²) in [5, 5.41) is 5.26. The molecule has 34 heavy (non-hydrogen) atoms. The van der Waals surface area contributed by atoms with Gasteiger partial charge in [-0.1, -0.05) is 23.7 Å². The van der Waals surface area contributed by atoms with Crippen LogP contribution in [0.5, 0.6) is 11.5 Å². The van der Waals surface area contributed by atoms with Gasteiger partial charge in [-0.15, -0.1) is 0 Å². The molecule has 1 amide bonds. The van der Waals surface area contributed by atoms with E-state index in [1.54, 1.807) is 24.8 Å². The van der Waals surface area contributed by atoms with Crippen molar-refractivity contribution in [2.45, 2.75) is 19.4 Å². The summed E-state index contributed by atoms with van der Waals surface area (Å²) in [5.41, 5.74) is 0.815. The topological polar surface area (TPSA) is 76.9 Å². The van der Waals surface area contributed by atoms with Gasteiger partial charge in [-0.25, -0.2) is 4.68 Å². The lowest BCUT2D eigenvalue weighted by Crippen LogP contribution is -2.56. The minimum Gasteiger partial charge on any atom is -0.454 e. The number of carbonyl (C=O) groups is 1. The molecule has 0 N–H and O–H groups in total. The van der Waals surface area contributed by atoms with Gasteiger partial charge in [-0.05, 0) is 50.2 Å². The van der Waals surface area contributed by atoms with Crippen LogP contribution in [0.1, 0.15) is 13.8 Å². The van der Waals surface area contributed by atoms with E-state index in [2.05, 4.69) is 10.00 Å². The third-order valence-corrected chi connectivity index (χ3v) is 6.60. The zero-order chi connectivity index (χ0) is 23.9. The van der Waals surface area contributed by atoms with Gasteiger partial charge in [0.05, 0.1) is 16.4 Å². The van der Waals surface area contributed by atoms with Gasteiger partial charge in [0.25, 0.3) is 5.56 Å². The van der Waals surface area contributed by atoms with Crippen LogP contribution in [-0.4, -0.2) is 53.6 Å². The maximum Gasteiger partial charge on any atom is 0.267 e. The Morgan fingerprint density at radius 2 is 1.71 bits per heavy atom. The Kier molecular flexibility index (Phi) is 5.69. The minimum atomic E-state index is -1.16. The predicted octanol–water partition coefficient (Wildman–Crippen LogP) is 3.38. The fourth-order valence-electron chi connectivity index (χ4n) is 4.36. The molecule has 0 aliphatic carbocycles. The number of anilines is 1. The molecule has 0 radical (unpaired) electrons. The third kappa shape index (κ3) is 3.98. The molecule has 5 rings (SSSR count). The number of ether oxygens (including phenoxy) is 2. The van der Waals surface area contributed by atoms with E-state index >= 15 is 0 Å². The smallest absolute Gasteiger partial charge is 0.267 e. The van der Waals surface area contributed by atoms with Gasteiger partial charge >= 0.3 is 0 Å². The third-order valence-electron chi connectivity index (χ3n) is 6.28. The quantitative estimate of drug-likeness (QED) is 0.570. The summed E-state index contributed by atoms with van der Waals surface area (Å²) >= 11 is 6.34. The number of nitrogens with zero attached hydrogens (tertiary/aromatic N) is 4. The van der Waals surface area contributed by atoms with Gasteiger partial charge in [0.1, 0.15) is 5.54 Å². The number of para-hydroxylation sites is 1. The Balaban J connectivity index is 1.36. The van der Waals surface area contributed by atoms with Gasteiger partial charge in [-0.2, -0.15) is 5.10 Å². The Morgan fingerprint density at radius 1 is 0.971 bits per heavy atom. The Labute approximate surface area is 202 Å². The van der Waals surface area contributed by atoms with Crippen LogP contribution in [0, 0.1) is 0 Å². The lowest BCUT2D eigenvalue weighted by molar-refractivity contribution is -0.140. The highest BCUT2D eigenvalue weighted by Crippen LogP contribution is 2.35. The fraction of sp³-hybridized carbons (Fsp3) is 0.320. The van der Waals surface area contributed by atoms with Gasteiger partial charge in [0.15, 0.2) is 11.5 Å². The molecule has 1 saturated heterocycles. The lowest BCUT2D eigenvalue weighted by Gasteiger charge is -2.39. The van der Waals surface area contributed by atoms with Crippen LogP contribution in [-0.2, 0) is 10.3 Å². The average molecular weight is 481 g/mol. The molecule has 1 fully saturated rings. The number of hydrogen-bond acceptors (Lipinski definition) is 6. The van der Waals surface area contributed by atoms with Gasteiger partial charge in [-0.3, -0.25) is 9.59 Å². The van der Waals surface area contributed by atoms with Crippen LogP contribution in [0.15, 0.2) is 59.4 Å². The van der Waals surface area contributed by atoms with E-state index in [0.29, 0.717) is 48.4 Å². The highest BCUT2D eigenvalue weighted by Gasteiger charge is 2.37. The first-order chi connectivity index (χ1) is 16.3. The summed E-state index contributed by atoms with van der Waals surface area (Å²) in [6.07, 6.45) is 0. The molecule has 0 atom stereocenters. The molecule has 0 bridgehead atoms. The number of rotatable bonds is 4. The number of fused-ring (bicyclic) bond motifs is 1. The standard InChI is InChI=1S/C25H25ClN4O4/c1-25(2,24(32)29-13-11-28(12-14-29)20-6-4-3-5-18(20)26)30-23(31)10-8-19(27-30)17-7-9-21-22(15-17)34-16-33-21/h3-10,15H,11-14,16H2,1-2H3. The molecule has 2 aliphatic heterocycles. The van der Waals surface area contributed by atoms with Crippen molar-refractivity contribution in [1.29, 1.82) is 0 Å². The zero-order valence-electron chi connectivity index (χ0n) is 19.0. The first-order valence-electron chi connectivity index (χ1n) is 11.1. The van der Waals surface area contributed by atoms with E-state index in [1.807, 2.05) is 42.5 Å². The van der Waals surface area contributed by atoms with Crippen LogP contribution < -0.4 is 19.9 Å². The van der Waals surface area contributed by atoms with E-state index in [-0.39, 0.29) is 18.3 Å². The van der Waals surface area contributed by atoms with Gasteiger partial charge < -0.3 is 19.3 Å². The van der Waals surface area contributed by atoms with Crippen molar-refractivity contribution in [2.24, 2.45) is 0 Å². The zero-order valence-corrected chi connectivity index (χ0v) is 19.8. The molecule has 2 aliphatic rings. The molecular formula is C25H25ClN4O4. The van der Waals surface area contributed by atoms with Crippen molar-refractivity contribution < 1.29 is 14.3 Å². The predicted molar refractivity (Wildman–Crippen MR) is 130 cm³/mol. The largest absolute Gasteiger partial charge is 0.454 e. The summed E-state index contributed by atoms with van der Waals surface area (Å²) in [6, 6.07) is 16.3. The lowest BCUT2D eigenvalue weighted by atomic mass is 10.0. The highest BCUT2D eigenvalue weighted by molar-refractivity contribution is 6.33. The summed E-state index contributed by atoms with van der Waals surface area (Å²) in [7, 11) is 0. The van der Waals surface area contributed by atoms with Crippen LogP contribution in [0.25, 0.3) is 11.3 Å². The number of benzene rings is 2. The number of halogens is 1. The summed E-state index contributed by atoms with van der Waals surface area (Å²) in [4.78, 5) is 30.2. The van der Waals surface area contributed by atoms with E-state index in [9.17, 15) is 9.59 Å². The van der Waals surface area contributed by atoms with Crippen LogP contribution in [0.4, 0.5) is 5.69 Å².